The third-order valence-electron chi connectivity index (χ3n) is 5.44. The number of carbonyl (C=O) groups excluding carboxylic acids is 1. The van der Waals surface area contributed by atoms with Crippen LogP contribution in [-0.2, 0) is 6.18 Å². The summed E-state index contributed by atoms with van der Waals surface area (Å²) in [5, 5.41) is 7.84. The van der Waals surface area contributed by atoms with Crippen LogP contribution in [0.2, 0.25) is 0 Å². The maximum Gasteiger partial charge on any atom is 0.433 e. The molecule has 0 radical (unpaired) electrons. The van der Waals surface area contributed by atoms with Crippen molar-refractivity contribution in [1.29, 1.82) is 0 Å². The highest BCUT2D eigenvalue weighted by molar-refractivity contribution is 5.93. The van der Waals surface area contributed by atoms with Gasteiger partial charge in [-0.05, 0) is 38.7 Å². The Balaban J connectivity index is 1.53. The number of likely N-dealkylation sites (tertiary alicyclic amines) is 1. The summed E-state index contributed by atoms with van der Waals surface area (Å²) in [5.74, 6) is 0.184. The third kappa shape index (κ3) is 3.16. The van der Waals surface area contributed by atoms with Crippen LogP contribution in [-0.4, -0.2) is 37.1 Å². The van der Waals surface area contributed by atoms with Crippen molar-refractivity contribution in [1.82, 2.24) is 24.7 Å². The van der Waals surface area contributed by atoms with E-state index < -0.39 is 17.8 Å². The number of hydrogen-bond donors (Lipinski definition) is 0. The van der Waals surface area contributed by atoms with Gasteiger partial charge >= 0.3 is 6.18 Å². The molecule has 4 heterocycles. The van der Waals surface area contributed by atoms with Gasteiger partial charge in [0.05, 0.1) is 11.7 Å². The van der Waals surface area contributed by atoms with Gasteiger partial charge in [-0.15, -0.1) is 0 Å². The van der Waals surface area contributed by atoms with E-state index >= 15 is 0 Å². The molecule has 1 atom stereocenters. The Bertz CT molecular complexity index is 1100. The van der Waals surface area contributed by atoms with Gasteiger partial charge in [0.2, 0.25) is 0 Å². The lowest BCUT2D eigenvalue weighted by molar-refractivity contribution is -0.142. The lowest BCUT2D eigenvalue weighted by Gasteiger charge is -2.21. The number of aromatic nitrogens is 4. The van der Waals surface area contributed by atoms with E-state index in [1.165, 1.54) is 6.07 Å². The first-order valence-corrected chi connectivity index (χ1v) is 9.53. The van der Waals surface area contributed by atoms with E-state index in [4.69, 9.17) is 4.52 Å². The molecule has 0 bridgehead atoms. The molecule has 1 saturated heterocycles. The van der Waals surface area contributed by atoms with E-state index in [0.717, 1.165) is 29.8 Å². The second-order valence-electron chi connectivity index (χ2n) is 7.67. The van der Waals surface area contributed by atoms with E-state index in [0.29, 0.717) is 30.1 Å². The average Bonchev–Trinajstić information content (AvgIpc) is 3.05. The second kappa shape index (κ2) is 6.30. The number of carbonyl (C=O) groups is 1. The molecular formula is C19H18F3N5O2. The van der Waals surface area contributed by atoms with Gasteiger partial charge in [0.1, 0.15) is 5.69 Å². The number of halogens is 3. The Kier molecular flexibility index (Phi) is 3.94. The number of amides is 1. The summed E-state index contributed by atoms with van der Waals surface area (Å²) in [6.07, 6.45) is -1.48. The van der Waals surface area contributed by atoms with Crippen LogP contribution >= 0.6 is 0 Å². The molecule has 0 N–H and O–H groups in total. The van der Waals surface area contributed by atoms with Crippen LogP contribution in [0.15, 0.2) is 22.7 Å². The van der Waals surface area contributed by atoms with E-state index in [9.17, 15) is 18.0 Å². The summed E-state index contributed by atoms with van der Waals surface area (Å²) >= 11 is 0. The first-order chi connectivity index (χ1) is 13.8. The fourth-order valence-electron chi connectivity index (χ4n) is 3.88. The largest absolute Gasteiger partial charge is 0.433 e. The van der Waals surface area contributed by atoms with E-state index in [-0.39, 0.29) is 23.3 Å². The standard InChI is InChI=1S/C19H18F3N5O2/c1-10-7-15(29-25-10)14-3-2-6-26(14)18(28)13-9-17-23-12(11-4-5-11)8-16(19(20,21)22)27(17)24-13/h7-9,11,14H,2-6H2,1H3/t14-/m0/s1. The van der Waals surface area contributed by atoms with Crippen molar-refractivity contribution in [2.45, 2.75) is 50.7 Å². The highest BCUT2D eigenvalue weighted by atomic mass is 19.4. The molecule has 10 heteroatoms. The van der Waals surface area contributed by atoms with Crippen molar-refractivity contribution < 1.29 is 22.5 Å². The molecule has 152 valence electrons. The highest BCUT2D eigenvalue weighted by Crippen LogP contribution is 2.41. The zero-order chi connectivity index (χ0) is 20.3. The molecule has 1 amide bonds. The van der Waals surface area contributed by atoms with Gasteiger partial charge in [-0.1, -0.05) is 5.16 Å². The summed E-state index contributed by atoms with van der Waals surface area (Å²) < 4.78 is 46.8. The van der Waals surface area contributed by atoms with Gasteiger partial charge in [-0.3, -0.25) is 4.79 Å². The van der Waals surface area contributed by atoms with Crippen LogP contribution in [0.4, 0.5) is 13.2 Å². The molecule has 0 unspecified atom stereocenters. The Morgan fingerprint density at radius 2 is 2.00 bits per heavy atom. The summed E-state index contributed by atoms with van der Waals surface area (Å²) in [4.78, 5) is 19.0. The number of aryl methyl sites for hydroxylation is 1. The van der Waals surface area contributed by atoms with E-state index in [2.05, 4.69) is 15.2 Å². The highest BCUT2D eigenvalue weighted by Gasteiger charge is 2.39. The molecule has 1 aliphatic carbocycles. The molecule has 0 spiro atoms. The monoisotopic (exact) mass is 405 g/mol. The summed E-state index contributed by atoms with van der Waals surface area (Å²) in [7, 11) is 0. The van der Waals surface area contributed by atoms with Gasteiger partial charge in [-0.2, -0.15) is 18.3 Å². The number of fused-ring (bicyclic) bond motifs is 1. The Labute approximate surface area is 163 Å². The van der Waals surface area contributed by atoms with Crippen molar-refractivity contribution in [3.05, 3.63) is 46.7 Å². The van der Waals surface area contributed by atoms with Crippen LogP contribution in [0.5, 0.6) is 0 Å². The summed E-state index contributed by atoms with van der Waals surface area (Å²) in [6.45, 7) is 2.27. The minimum absolute atomic E-state index is 0.0383. The number of alkyl halides is 3. The quantitative estimate of drug-likeness (QED) is 0.661. The molecule has 3 aromatic rings. The first-order valence-electron chi connectivity index (χ1n) is 9.53. The van der Waals surface area contributed by atoms with Gasteiger partial charge < -0.3 is 9.42 Å². The average molecular weight is 405 g/mol. The fourth-order valence-corrected chi connectivity index (χ4v) is 3.88. The van der Waals surface area contributed by atoms with Crippen molar-refractivity contribution in [2.24, 2.45) is 0 Å². The predicted octanol–water partition coefficient (Wildman–Crippen LogP) is 3.90. The van der Waals surface area contributed by atoms with Crippen molar-refractivity contribution in [2.75, 3.05) is 6.54 Å². The minimum Gasteiger partial charge on any atom is -0.359 e. The Morgan fingerprint density at radius 3 is 2.66 bits per heavy atom. The molecule has 2 aliphatic rings. The van der Waals surface area contributed by atoms with Crippen LogP contribution in [0, 0.1) is 6.92 Å². The number of rotatable bonds is 3. The Hall–Kier alpha value is -2.91. The molecule has 1 saturated carbocycles. The molecule has 0 aromatic carbocycles. The van der Waals surface area contributed by atoms with Gasteiger partial charge in [0.25, 0.3) is 5.91 Å². The molecule has 3 aromatic heterocycles. The first kappa shape index (κ1) is 18.1. The SMILES string of the molecule is Cc1cc([C@@H]2CCCN2C(=O)c2cc3nc(C4CC4)cc(C(F)(F)F)n3n2)on1. The summed E-state index contributed by atoms with van der Waals surface area (Å²) in [5.41, 5.74) is 0.182. The lowest BCUT2D eigenvalue weighted by Crippen LogP contribution is -2.30. The molecular weight excluding hydrogens is 387 g/mol. The zero-order valence-electron chi connectivity index (χ0n) is 15.6. The van der Waals surface area contributed by atoms with Crippen LogP contribution in [0.25, 0.3) is 5.65 Å². The smallest absolute Gasteiger partial charge is 0.359 e. The maximum absolute atomic E-state index is 13.6. The molecule has 2 fully saturated rings. The van der Waals surface area contributed by atoms with Gasteiger partial charge in [0, 0.05) is 30.3 Å². The van der Waals surface area contributed by atoms with Crippen LogP contribution in [0.3, 0.4) is 0 Å². The van der Waals surface area contributed by atoms with Crippen LogP contribution in [0.1, 0.15) is 71.0 Å². The lowest BCUT2D eigenvalue weighted by atomic mass is 10.1. The van der Waals surface area contributed by atoms with Gasteiger partial charge in [-0.25, -0.2) is 9.50 Å². The minimum atomic E-state index is -4.59. The van der Waals surface area contributed by atoms with Crippen LogP contribution < -0.4 is 0 Å². The Morgan fingerprint density at radius 1 is 1.21 bits per heavy atom. The third-order valence-corrected chi connectivity index (χ3v) is 5.44. The maximum atomic E-state index is 13.6. The molecule has 7 nitrogen and oxygen atoms in total. The van der Waals surface area contributed by atoms with E-state index in [1.807, 2.05) is 0 Å². The number of nitrogens with zero attached hydrogens (tertiary/aromatic N) is 5. The van der Waals surface area contributed by atoms with Crippen molar-refractivity contribution in [3.63, 3.8) is 0 Å². The topological polar surface area (TPSA) is 76.5 Å². The predicted molar refractivity (Wildman–Crippen MR) is 94.2 cm³/mol. The second-order valence-corrected chi connectivity index (χ2v) is 7.67. The van der Waals surface area contributed by atoms with E-state index in [1.54, 1.807) is 17.9 Å². The normalized spacial score (nSPS) is 20.0. The molecule has 29 heavy (non-hydrogen) atoms. The fraction of sp³-hybridized carbons (Fsp3) is 0.474. The summed E-state index contributed by atoms with van der Waals surface area (Å²) in [6, 6.07) is 3.85. The van der Waals surface area contributed by atoms with Crippen molar-refractivity contribution in [3.8, 4) is 0 Å². The molecule has 1 aliphatic heterocycles. The zero-order valence-corrected chi connectivity index (χ0v) is 15.6. The van der Waals surface area contributed by atoms with Gasteiger partial charge in [0.15, 0.2) is 17.1 Å². The molecule has 5 rings (SSSR count). The van der Waals surface area contributed by atoms with Crippen molar-refractivity contribution >= 4 is 11.6 Å². The number of hydrogen-bond acceptors (Lipinski definition) is 5.